The summed E-state index contributed by atoms with van der Waals surface area (Å²) in [6.07, 6.45) is 0. The molecule has 0 aromatic carbocycles. The lowest BCUT2D eigenvalue weighted by Gasteiger charge is -2.12. The molecule has 14 heavy (non-hydrogen) atoms. The zero-order valence-corrected chi connectivity index (χ0v) is 8.87. The lowest BCUT2D eigenvalue weighted by molar-refractivity contribution is 0.346. The van der Waals surface area contributed by atoms with Crippen LogP contribution in [0, 0.1) is 6.92 Å². The summed E-state index contributed by atoms with van der Waals surface area (Å²) in [5, 5.41) is 0. The maximum absolute atomic E-state index is 5.76. The van der Waals surface area contributed by atoms with Gasteiger partial charge in [0.1, 0.15) is 0 Å². The Morgan fingerprint density at radius 1 is 1.21 bits per heavy atom. The van der Waals surface area contributed by atoms with Gasteiger partial charge >= 0.3 is 6.01 Å². The van der Waals surface area contributed by atoms with Crippen LogP contribution in [0.1, 0.15) is 24.2 Å². The van der Waals surface area contributed by atoms with Crippen LogP contribution in [0.3, 0.4) is 0 Å². The minimum absolute atomic E-state index is 0.166. The van der Waals surface area contributed by atoms with E-state index in [1.165, 1.54) is 7.11 Å². The summed E-state index contributed by atoms with van der Waals surface area (Å²) in [5.74, 6) is 0.504. The molecule has 0 bridgehead atoms. The number of nitrogens with two attached hydrogens (primary N) is 1. The van der Waals surface area contributed by atoms with Gasteiger partial charge in [0.2, 0.25) is 5.88 Å². The highest BCUT2D eigenvalue weighted by molar-refractivity contribution is 5.32. The predicted octanol–water partition coefficient (Wildman–Crippen LogP) is 0.822. The number of rotatable bonds is 3. The maximum atomic E-state index is 5.76. The van der Waals surface area contributed by atoms with Gasteiger partial charge in [0.05, 0.1) is 19.9 Å². The molecule has 1 atom stereocenters. The molecule has 0 spiro atoms. The highest BCUT2D eigenvalue weighted by Gasteiger charge is 2.14. The van der Waals surface area contributed by atoms with Crippen LogP contribution >= 0.6 is 0 Å². The van der Waals surface area contributed by atoms with Crippen molar-refractivity contribution in [1.29, 1.82) is 0 Å². The van der Waals surface area contributed by atoms with Crippen LogP contribution in [-0.4, -0.2) is 24.2 Å². The molecule has 5 nitrogen and oxygen atoms in total. The molecule has 0 aliphatic rings. The van der Waals surface area contributed by atoms with Crippen LogP contribution < -0.4 is 15.2 Å². The lowest BCUT2D eigenvalue weighted by Crippen LogP contribution is -2.12. The highest BCUT2D eigenvalue weighted by Crippen LogP contribution is 2.23. The van der Waals surface area contributed by atoms with Crippen molar-refractivity contribution in [2.24, 2.45) is 5.73 Å². The molecule has 0 amide bonds. The Kier molecular flexibility index (Phi) is 3.24. The number of hydrogen-bond donors (Lipinski definition) is 1. The summed E-state index contributed by atoms with van der Waals surface area (Å²) in [4.78, 5) is 8.20. The minimum atomic E-state index is -0.166. The third-order valence-electron chi connectivity index (χ3n) is 1.93. The van der Waals surface area contributed by atoms with Crippen molar-refractivity contribution < 1.29 is 9.47 Å². The van der Waals surface area contributed by atoms with Crippen molar-refractivity contribution in [3.63, 3.8) is 0 Å². The Morgan fingerprint density at radius 3 is 2.29 bits per heavy atom. The van der Waals surface area contributed by atoms with Gasteiger partial charge in [-0.1, -0.05) is 0 Å². The molecule has 0 saturated heterocycles. The fourth-order valence-corrected chi connectivity index (χ4v) is 1.23. The van der Waals surface area contributed by atoms with Gasteiger partial charge in [0.25, 0.3) is 0 Å². The molecule has 1 heterocycles. The smallest absolute Gasteiger partial charge is 0.319 e. The first-order valence-electron chi connectivity index (χ1n) is 4.32. The van der Waals surface area contributed by atoms with E-state index >= 15 is 0 Å². The Balaban J connectivity index is 3.27. The molecule has 0 fully saturated rings. The minimum Gasteiger partial charge on any atom is -0.481 e. The van der Waals surface area contributed by atoms with Gasteiger partial charge in [-0.05, 0) is 13.8 Å². The summed E-state index contributed by atoms with van der Waals surface area (Å²) < 4.78 is 10.0. The molecule has 0 unspecified atom stereocenters. The molecule has 1 rings (SSSR count). The molecular formula is C9H15N3O2. The van der Waals surface area contributed by atoms with Gasteiger partial charge in [0, 0.05) is 11.6 Å². The summed E-state index contributed by atoms with van der Waals surface area (Å²) >= 11 is 0. The average molecular weight is 197 g/mol. The van der Waals surface area contributed by atoms with Crippen molar-refractivity contribution in [2.45, 2.75) is 19.9 Å². The second-order valence-corrected chi connectivity index (χ2v) is 3.02. The zero-order valence-electron chi connectivity index (χ0n) is 8.87. The topological polar surface area (TPSA) is 70.3 Å². The van der Waals surface area contributed by atoms with Crippen LogP contribution in [0.25, 0.3) is 0 Å². The fraction of sp³-hybridized carbons (Fsp3) is 0.556. The number of aromatic nitrogens is 2. The van der Waals surface area contributed by atoms with Crippen LogP contribution in [0.4, 0.5) is 0 Å². The van der Waals surface area contributed by atoms with E-state index in [1.54, 1.807) is 7.11 Å². The summed E-state index contributed by atoms with van der Waals surface area (Å²) in [5.41, 5.74) is 7.35. The Morgan fingerprint density at radius 2 is 1.86 bits per heavy atom. The molecule has 0 radical (unpaired) electrons. The third-order valence-corrected chi connectivity index (χ3v) is 1.93. The number of methoxy groups -OCH3 is 2. The van der Waals surface area contributed by atoms with Crippen molar-refractivity contribution in [3.8, 4) is 11.9 Å². The largest absolute Gasteiger partial charge is 0.481 e. The van der Waals surface area contributed by atoms with E-state index in [-0.39, 0.29) is 12.1 Å². The number of nitrogens with zero attached hydrogens (tertiary/aromatic N) is 2. The molecule has 2 N–H and O–H groups in total. The van der Waals surface area contributed by atoms with Crippen molar-refractivity contribution in [1.82, 2.24) is 9.97 Å². The Bertz CT molecular complexity index is 326. The first-order valence-corrected chi connectivity index (χ1v) is 4.32. The van der Waals surface area contributed by atoms with Crippen molar-refractivity contribution in [3.05, 3.63) is 11.3 Å². The Labute approximate surface area is 83.3 Å². The molecular weight excluding hydrogens is 182 g/mol. The van der Waals surface area contributed by atoms with Crippen LogP contribution in [0.15, 0.2) is 0 Å². The summed E-state index contributed by atoms with van der Waals surface area (Å²) in [6, 6.07) is 0.112. The number of ether oxygens (including phenoxy) is 2. The monoisotopic (exact) mass is 197 g/mol. The maximum Gasteiger partial charge on any atom is 0.319 e. The normalized spacial score (nSPS) is 12.4. The second kappa shape index (κ2) is 4.23. The molecule has 0 saturated carbocycles. The van der Waals surface area contributed by atoms with Gasteiger partial charge in [-0.25, -0.2) is 0 Å². The first-order chi connectivity index (χ1) is 6.60. The van der Waals surface area contributed by atoms with E-state index in [1.807, 2.05) is 13.8 Å². The van der Waals surface area contributed by atoms with E-state index in [2.05, 4.69) is 9.97 Å². The van der Waals surface area contributed by atoms with Crippen LogP contribution in [0.5, 0.6) is 11.9 Å². The zero-order chi connectivity index (χ0) is 10.7. The molecule has 5 heteroatoms. The molecule has 1 aromatic rings. The van der Waals surface area contributed by atoms with Gasteiger partial charge < -0.3 is 15.2 Å². The lowest BCUT2D eigenvalue weighted by atomic mass is 10.1. The molecule has 78 valence electrons. The fourth-order valence-electron chi connectivity index (χ4n) is 1.23. The standard InChI is InChI=1S/C9H15N3O2/c1-5-7(6(2)10)11-9(14-4)12-8(5)13-3/h6H,10H2,1-4H3/t6-/m0/s1. The first kappa shape index (κ1) is 10.7. The Hall–Kier alpha value is -1.36. The summed E-state index contributed by atoms with van der Waals surface area (Å²) in [7, 11) is 3.06. The van der Waals surface area contributed by atoms with E-state index in [4.69, 9.17) is 15.2 Å². The van der Waals surface area contributed by atoms with Gasteiger partial charge in [-0.2, -0.15) is 9.97 Å². The summed E-state index contributed by atoms with van der Waals surface area (Å²) in [6.45, 7) is 3.73. The SMILES string of the molecule is COc1nc(OC)c(C)c([C@H](C)N)n1. The van der Waals surface area contributed by atoms with Crippen LogP contribution in [-0.2, 0) is 0 Å². The van der Waals surface area contributed by atoms with Crippen molar-refractivity contribution >= 4 is 0 Å². The van der Waals surface area contributed by atoms with Gasteiger partial charge in [-0.3, -0.25) is 0 Å². The van der Waals surface area contributed by atoms with Crippen molar-refractivity contribution in [2.75, 3.05) is 14.2 Å². The van der Waals surface area contributed by atoms with Gasteiger partial charge in [-0.15, -0.1) is 0 Å². The molecule has 1 aromatic heterocycles. The highest BCUT2D eigenvalue weighted by atomic mass is 16.5. The van der Waals surface area contributed by atoms with E-state index < -0.39 is 0 Å². The van der Waals surface area contributed by atoms with Crippen LogP contribution in [0.2, 0.25) is 0 Å². The van der Waals surface area contributed by atoms with Gasteiger partial charge in [0.15, 0.2) is 0 Å². The van der Waals surface area contributed by atoms with E-state index in [0.29, 0.717) is 5.88 Å². The average Bonchev–Trinajstić information content (AvgIpc) is 2.17. The second-order valence-electron chi connectivity index (χ2n) is 3.02. The van der Waals surface area contributed by atoms with E-state index in [9.17, 15) is 0 Å². The van der Waals surface area contributed by atoms with E-state index in [0.717, 1.165) is 11.3 Å². The predicted molar refractivity (Wildman–Crippen MR) is 52.5 cm³/mol. The third kappa shape index (κ3) is 1.93. The quantitative estimate of drug-likeness (QED) is 0.776. The molecule has 0 aliphatic carbocycles. The molecule has 0 aliphatic heterocycles. The number of hydrogen-bond acceptors (Lipinski definition) is 5.